The molecule has 23 heavy (non-hydrogen) atoms. The second-order valence-corrected chi connectivity index (χ2v) is 6.24. The highest BCUT2D eigenvalue weighted by molar-refractivity contribution is 5.62. The van der Waals surface area contributed by atoms with Gasteiger partial charge in [-0.15, -0.1) is 0 Å². The molecule has 2 rings (SSSR count). The molecule has 0 aromatic heterocycles. The van der Waals surface area contributed by atoms with Gasteiger partial charge in [0.15, 0.2) is 11.5 Å². The molecular formula is C19H32N2O2. The quantitative estimate of drug-likeness (QED) is 0.739. The number of nitrogen functional groups attached to an aromatic ring is 1. The first-order chi connectivity index (χ1) is 11.2. The summed E-state index contributed by atoms with van der Waals surface area (Å²) in [6.45, 7) is 8.86. The van der Waals surface area contributed by atoms with Crippen LogP contribution in [0, 0.1) is 0 Å². The van der Waals surface area contributed by atoms with Crippen LogP contribution in [-0.2, 0) is 6.42 Å². The van der Waals surface area contributed by atoms with Gasteiger partial charge in [0.2, 0.25) is 0 Å². The van der Waals surface area contributed by atoms with Crippen molar-refractivity contribution in [2.24, 2.45) is 0 Å². The van der Waals surface area contributed by atoms with Crippen LogP contribution in [0.5, 0.6) is 11.5 Å². The lowest BCUT2D eigenvalue weighted by molar-refractivity contribution is 0.281. The standard InChI is InChI=1S/C19H32N2O2/c1-3-22-18-15-16(14-17(20)19(18)23-4-2)10-9-13-21-11-7-5-6-8-12-21/h14-15H,3-13,20H2,1-2H3. The number of benzene rings is 1. The van der Waals surface area contributed by atoms with E-state index in [4.69, 9.17) is 15.2 Å². The molecule has 1 aliphatic heterocycles. The fraction of sp³-hybridized carbons (Fsp3) is 0.684. The number of nitrogens with two attached hydrogens (primary N) is 1. The zero-order chi connectivity index (χ0) is 16.5. The molecule has 0 bridgehead atoms. The number of ether oxygens (including phenoxy) is 2. The second kappa shape index (κ2) is 9.66. The summed E-state index contributed by atoms with van der Waals surface area (Å²) < 4.78 is 11.3. The number of hydrogen-bond donors (Lipinski definition) is 1. The molecule has 0 saturated carbocycles. The molecule has 130 valence electrons. The van der Waals surface area contributed by atoms with Crippen molar-refractivity contribution in [3.05, 3.63) is 17.7 Å². The minimum absolute atomic E-state index is 0.596. The van der Waals surface area contributed by atoms with Gasteiger partial charge in [-0.3, -0.25) is 0 Å². The molecule has 1 saturated heterocycles. The topological polar surface area (TPSA) is 47.7 Å². The van der Waals surface area contributed by atoms with E-state index in [1.54, 1.807) is 0 Å². The third-order valence-electron chi connectivity index (χ3n) is 4.37. The van der Waals surface area contributed by atoms with Crippen LogP contribution in [0.1, 0.15) is 51.5 Å². The number of aryl methyl sites for hydroxylation is 1. The highest BCUT2D eigenvalue weighted by Crippen LogP contribution is 2.35. The van der Waals surface area contributed by atoms with Gasteiger partial charge in [-0.05, 0) is 76.9 Å². The molecule has 1 aliphatic rings. The van der Waals surface area contributed by atoms with Crippen LogP contribution in [0.25, 0.3) is 0 Å². The Labute approximate surface area is 140 Å². The highest BCUT2D eigenvalue weighted by Gasteiger charge is 2.12. The maximum atomic E-state index is 6.16. The largest absolute Gasteiger partial charge is 0.490 e. The first-order valence-electron chi connectivity index (χ1n) is 9.15. The van der Waals surface area contributed by atoms with E-state index < -0.39 is 0 Å². The van der Waals surface area contributed by atoms with Crippen molar-refractivity contribution in [3.8, 4) is 11.5 Å². The van der Waals surface area contributed by atoms with E-state index in [1.807, 2.05) is 19.9 Å². The number of likely N-dealkylation sites (tertiary alicyclic amines) is 1. The minimum Gasteiger partial charge on any atom is -0.490 e. The fourth-order valence-electron chi connectivity index (χ4n) is 3.26. The summed E-state index contributed by atoms with van der Waals surface area (Å²) in [6, 6.07) is 4.13. The predicted octanol–water partition coefficient (Wildman–Crippen LogP) is 3.87. The molecule has 0 radical (unpaired) electrons. The Kier molecular flexibility index (Phi) is 7.53. The Balaban J connectivity index is 1.93. The van der Waals surface area contributed by atoms with Gasteiger partial charge in [-0.2, -0.15) is 0 Å². The van der Waals surface area contributed by atoms with Crippen LogP contribution >= 0.6 is 0 Å². The van der Waals surface area contributed by atoms with Gasteiger partial charge >= 0.3 is 0 Å². The summed E-state index contributed by atoms with van der Waals surface area (Å²) in [5, 5.41) is 0. The zero-order valence-corrected chi connectivity index (χ0v) is 14.8. The van der Waals surface area contributed by atoms with Gasteiger partial charge in [-0.1, -0.05) is 12.8 Å². The lowest BCUT2D eigenvalue weighted by Gasteiger charge is -2.20. The number of anilines is 1. The average Bonchev–Trinajstić information content (AvgIpc) is 2.80. The monoisotopic (exact) mass is 320 g/mol. The van der Waals surface area contributed by atoms with Crippen molar-refractivity contribution in [2.75, 3.05) is 38.6 Å². The Morgan fingerprint density at radius 2 is 1.70 bits per heavy atom. The molecule has 0 amide bonds. The third-order valence-corrected chi connectivity index (χ3v) is 4.37. The van der Waals surface area contributed by atoms with E-state index in [0.717, 1.165) is 12.2 Å². The fourth-order valence-corrected chi connectivity index (χ4v) is 3.26. The van der Waals surface area contributed by atoms with Gasteiger partial charge in [0.1, 0.15) is 0 Å². The first kappa shape index (κ1) is 17.9. The van der Waals surface area contributed by atoms with Crippen LogP contribution in [0.4, 0.5) is 5.69 Å². The summed E-state index contributed by atoms with van der Waals surface area (Å²) in [5.74, 6) is 1.46. The molecular weight excluding hydrogens is 288 g/mol. The van der Waals surface area contributed by atoms with Gasteiger partial charge in [0.05, 0.1) is 18.9 Å². The molecule has 0 unspecified atom stereocenters. The van der Waals surface area contributed by atoms with Crippen LogP contribution in [0.15, 0.2) is 12.1 Å². The van der Waals surface area contributed by atoms with E-state index in [1.165, 1.54) is 57.3 Å². The van der Waals surface area contributed by atoms with Crippen molar-refractivity contribution in [1.82, 2.24) is 4.90 Å². The molecule has 2 N–H and O–H groups in total. The van der Waals surface area contributed by atoms with E-state index in [-0.39, 0.29) is 0 Å². The summed E-state index contributed by atoms with van der Waals surface area (Å²) >= 11 is 0. The van der Waals surface area contributed by atoms with E-state index in [9.17, 15) is 0 Å². The van der Waals surface area contributed by atoms with E-state index in [0.29, 0.717) is 24.7 Å². The Morgan fingerprint density at radius 1 is 1.00 bits per heavy atom. The van der Waals surface area contributed by atoms with Gasteiger partial charge in [-0.25, -0.2) is 0 Å². The minimum atomic E-state index is 0.596. The van der Waals surface area contributed by atoms with Crippen molar-refractivity contribution in [3.63, 3.8) is 0 Å². The van der Waals surface area contributed by atoms with Crippen LogP contribution in [-0.4, -0.2) is 37.7 Å². The molecule has 0 spiro atoms. The molecule has 1 aromatic rings. The lowest BCUT2D eigenvalue weighted by Crippen LogP contribution is -2.26. The maximum absolute atomic E-state index is 6.16. The SMILES string of the molecule is CCOc1cc(CCCN2CCCCCC2)cc(N)c1OCC. The molecule has 1 aromatic carbocycles. The molecule has 0 aliphatic carbocycles. The van der Waals surface area contributed by atoms with Crippen LogP contribution in [0.3, 0.4) is 0 Å². The second-order valence-electron chi connectivity index (χ2n) is 6.24. The maximum Gasteiger partial charge on any atom is 0.184 e. The summed E-state index contributed by atoms with van der Waals surface area (Å²) in [4.78, 5) is 2.61. The molecule has 0 atom stereocenters. The van der Waals surface area contributed by atoms with Crippen LogP contribution in [0.2, 0.25) is 0 Å². The summed E-state index contributed by atoms with van der Waals surface area (Å²) in [6.07, 6.45) is 7.69. The number of hydrogen-bond acceptors (Lipinski definition) is 4. The molecule has 4 heteroatoms. The highest BCUT2D eigenvalue weighted by atomic mass is 16.5. The van der Waals surface area contributed by atoms with E-state index in [2.05, 4.69) is 11.0 Å². The Bertz CT molecular complexity index is 469. The van der Waals surface area contributed by atoms with Crippen molar-refractivity contribution in [1.29, 1.82) is 0 Å². The Hall–Kier alpha value is -1.42. The molecule has 1 fully saturated rings. The lowest BCUT2D eigenvalue weighted by atomic mass is 10.1. The number of nitrogens with zero attached hydrogens (tertiary/aromatic N) is 1. The predicted molar refractivity (Wildman–Crippen MR) is 96.4 cm³/mol. The first-order valence-corrected chi connectivity index (χ1v) is 9.15. The van der Waals surface area contributed by atoms with Crippen molar-refractivity contribution < 1.29 is 9.47 Å². The van der Waals surface area contributed by atoms with Gasteiger partial charge < -0.3 is 20.1 Å². The molecule has 4 nitrogen and oxygen atoms in total. The van der Waals surface area contributed by atoms with Crippen molar-refractivity contribution >= 4 is 5.69 Å². The Morgan fingerprint density at radius 3 is 2.35 bits per heavy atom. The molecule has 1 heterocycles. The van der Waals surface area contributed by atoms with Gasteiger partial charge in [0, 0.05) is 0 Å². The smallest absolute Gasteiger partial charge is 0.184 e. The van der Waals surface area contributed by atoms with Crippen LogP contribution < -0.4 is 15.2 Å². The van der Waals surface area contributed by atoms with Crippen molar-refractivity contribution in [2.45, 2.75) is 52.4 Å². The normalized spacial score (nSPS) is 16.1. The zero-order valence-electron chi connectivity index (χ0n) is 14.8. The third kappa shape index (κ3) is 5.61. The van der Waals surface area contributed by atoms with Gasteiger partial charge in [0.25, 0.3) is 0 Å². The number of rotatable bonds is 8. The average molecular weight is 320 g/mol. The summed E-state index contributed by atoms with van der Waals surface area (Å²) in [5.41, 5.74) is 8.08. The summed E-state index contributed by atoms with van der Waals surface area (Å²) in [7, 11) is 0. The van der Waals surface area contributed by atoms with E-state index >= 15 is 0 Å².